The first-order valence-corrected chi connectivity index (χ1v) is 6.48. The SMILES string of the molecule is CC(C)(C)c1csc(CNCc2ccon2)n1. The third-order valence-corrected chi connectivity index (χ3v) is 3.24. The Hall–Kier alpha value is -1.20. The molecule has 2 heterocycles. The van der Waals surface area contributed by atoms with E-state index in [1.54, 1.807) is 17.6 Å². The predicted octanol–water partition coefficient (Wildman–Crippen LogP) is 2.72. The van der Waals surface area contributed by atoms with Crippen molar-refractivity contribution in [1.29, 1.82) is 0 Å². The molecule has 0 spiro atoms. The summed E-state index contributed by atoms with van der Waals surface area (Å²) in [7, 11) is 0. The van der Waals surface area contributed by atoms with Gasteiger partial charge in [-0.25, -0.2) is 4.98 Å². The molecule has 5 heteroatoms. The van der Waals surface area contributed by atoms with Gasteiger partial charge < -0.3 is 9.84 Å². The largest absolute Gasteiger partial charge is 0.364 e. The molecule has 2 rings (SSSR count). The monoisotopic (exact) mass is 251 g/mol. The van der Waals surface area contributed by atoms with Crippen LogP contribution in [0.2, 0.25) is 0 Å². The van der Waals surface area contributed by atoms with E-state index in [4.69, 9.17) is 4.52 Å². The van der Waals surface area contributed by atoms with E-state index in [-0.39, 0.29) is 5.41 Å². The molecule has 0 aliphatic rings. The van der Waals surface area contributed by atoms with Crippen molar-refractivity contribution in [3.63, 3.8) is 0 Å². The lowest BCUT2D eigenvalue weighted by Crippen LogP contribution is -2.14. The van der Waals surface area contributed by atoms with Crippen LogP contribution >= 0.6 is 11.3 Å². The Morgan fingerprint density at radius 3 is 2.76 bits per heavy atom. The van der Waals surface area contributed by atoms with Gasteiger partial charge in [0.2, 0.25) is 0 Å². The highest BCUT2D eigenvalue weighted by Crippen LogP contribution is 2.23. The molecule has 0 fully saturated rings. The fourth-order valence-corrected chi connectivity index (χ4v) is 2.35. The number of nitrogens with one attached hydrogen (secondary N) is 1. The Morgan fingerprint density at radius 1 is 1.35 bits per heavy atom. The molecule has 0 amide bonds. The van der Waals surface area contributed by atoms with E-state index in [0.29, 0.717) is 6.54 Å². The van der Waals surface area contributed by atoms with Crippen molar-refractivity contribution in [1.82, 2.24) is 15.5 Å². The molecule has 2 aromatic heterocycles. The van der Waals surface area contributed by atoms with E-state index in [1.165, 1.54) is 0 Å². The van der Waals surface area contributed by atoms with E-state index < -0.39 is 0 Å². The minimum Gasteiger partial charge on any atom is -0.364 e. The topological polar surface area (TPSA) is 51.0 Å². The Bertz CT molecular complexity index is 456. The quantitative estimate of drug-likeness (QED) is 0.907. The number of nitrogens with zero attached hydrogens (tertiary/aromatic N) is 2. The Kier molecular flexibility index (Phi) is 3.59. The minimum atomic E-state index is 0.126. The van der Waals surface area contributed by atoms with Gasteiger partial charge in [-0.1, -0.05) is 25.9 Å². The zero-order valence-electron chi connectivity index (χ0n) is 10.4. The van der Waals surface area contributed by atoms with Crippen molar-refractivity contribution in [3.05, 3.63) is 34.1 Å². The van der Waals surface area contributed by atoms with Crippen LogP contribution in [0.25, 0.3) is 0 Å². The van der Waals surface area contributed by atoms with Crippen molar-refractivity contribution in [2.75, 3.05) is 0 Å². The van der Waals surface area contributed by atoms with Gasteiger partial charge in [0, 0.05) is 30.0 Å². The summed E-state index contributed by atoms with van der Waals surface area (Å²) in [5.74, 6) is 0. The summed E-state index contributed by atoms with van der Waals surface area (Å²) in [5.41, 5.74) is 2.19. The van der Waals surface area contributed by atoms with Crippen LogP contribution < -0.4 is 5.32 Å². The molecule has 4 nitrogen and oxygen atoms in total. The summed E-state index contributed by atoms with van der Waals surface area (Å²) in [6, 6.07) is 1.86. The molecule has 1 N–H and O–H groups in total. The first-order chi connectivity index (χ1) is 8.05. The lowest BCUT2D eigenvalue weighted by molar-refractivity contribution is 0.408. The van der Waals surface area contributed by atoms with Gasteiger partial charge in [0.1, 0.15) is 11.3 Å². The van der Waals surface area contributed by atoms with Gasteiger partial charge in [-0.05, 0) is 0 Å². The smallest absolute Gasteiger partial charge is 0.124 e. The zero-order chi connectivity index (χ0) is 12.3. The van der Waals surface area contributed by atoms with E-state index >= 15 is 0 Å². The molecule has 0 aliphatic heterocycles. The summed E-state index contributed by atoms with van der Waals surface area (Å²) in [4.78, 5) is 4.61. The van der Waals surface area contributed by atoms with Gasteiger partial charge in [0.15, 0.2) is 0 Å². The van der Waals surface area contributed by atoms with Crippen LogP contribution in [-0.2, 0) is 18.5 Å². The standard InChI is InChI=1S/C12H17N3OS/c1-12(2,3)10-8-17-11(14-10)7-13-6-9-4-5-16-15-9/h4-5,8,13H,6-7H2,1-3H3. The molecule has 0 atom stereocenters. The molecule has 17 heavy (non-hydrogen) atoms. The molecule has 0 saturated carbocycles. The van der Waals surface area contributed by atoms with E-state index in [0.717, 1.165) is 22.9 Å². The number of rotatable bonds is 4. The molecular weight excluding hydrogens is 234 g/mol. The summed E-state index contributed by atoms with van der Waals surface area (Å²) in [6.07, 6.45) is 1.58. The Balaban J connectivity index is 1.85. The highest BCUT2D eigenvalue weighted by molar-refractivity contribution is 7.09. The first kappa shape index (κ1) is 12.3. The highest BCUT2D eigenvalue weighted by Gasteiger charge is 2.17. The number of hydrogen-bond acceptors (Lipinski definition) is 5. The van der Waals surface area contributed by atoms with Gasteiger partial charge in [0.05, 0.1) is 11.4 Å². The zero-order valence-corrected chi connectivity index (χ0v) is 11.2. The summed E-state index contributed by atoms with van der Waals surface area (Å²) in [6.45, 7) is 8.01. The number of thiazole rings is 1. The molecule has 0 saturated heterocycles. The van der Waals surface area contributed by atoms with Gasteiger partial charge >= 0.3 is 0 Å². The average Bonchev–Trinajstić information content (AvgIpc) is 2.86. The second kappa shape index (κ2) is 4.98. The van der Waals surface area contributed by atoms with Gasteiger partial charge in [-0.2, -0.15) is 0 Å². The lowest BCUT2D eigenvalue weighted by atomic mass is 9.93. The molecule has 2 aromatic rings. The van der Waals surface area contributed by atoms with Crippen molar-refractivity contribution in [2.24, 2.45) is 0 Å². The maximum absolute atomic E-state index is 4.76. The summed E-state index contributed by atoms with van der Waals surface area (Å²) < 4.78 is 4.76. The van der Waals surface area contributed by atoms with Crippen molar-refractivity contribution >= 4 is 11.3 Å². The minimum absolute atomic E-state index is 0.126. The normalized spacial score (nSPS) is 11.9. The fourth-order valence-electron chi connectivity index (χ4n) is 1.36. The molecule has 0 aliphatic carbocycles. The second-order valence-corrected chi connectivity index (χ2v) is 5.91. The van der Waals surface area contributed by atoms with Crippen LogP contribution in [0.4, 0.5) is 0 Å². The van der Waals surface area contributed by atoms with Crippen molar-refractivity contribution in [2.45, 2.75) is 39.3 Å². The number of aromatic nitrogens is 2. The number of hydrogen-bond donors (Lipinski definition) is 1. The Labute approximate surface area is 105 Å². The molecule has 0 aromatic carbocycles. The van der Waals surface area contributed by atoms with Crippen molar-refractivity contribution < 1.29 is 4.52 Å². The molecule has 0 bridgehead atoms. The third-order valence-electron chi connectivity index (χ3n) is 2.39. The van der Waals surface area contributed by atoms with Crippen LogP contribution in [0.3, 0.4) is 0 Å². The molecule has 92 valence electrons. The molecule has 0 radical (unpaired) electrons. The van der Waals surface area contributed by atoms with Gasteiger partial charge in [-0.3, -0.25) is 0 Å². The Morgan fingerprint density at radius 2 is 2.18 bits per heavy atom. The summed E-state index contributed by atoms with van der Waals surface area (Å²) in [5, 5.41) is 10.4. The maximum atomic E-state index is 4.76. The van der Waals surface area contributed by atoms with Crippen LogP contribution in [0.15, 0.2) is 22.2 Å². The van der Waals surface area contributed by atoms with E-state index in [1.807, 2.05) is 6.07 Å². The first-order valence-electron chi connectivity index (χ1n) is 5.60. The van der Waals surface area contributed by atoms with E-state index in [2.05, 4.69) is 41.6 Å². The molecule has 0 unspecified atom stereocenters. The van der Waals surface area contributed by atoms with Crippen LogP contribution in [-0.4, -0.2) is 10.1 Å². The van der Waals surface area contributed by atoms with Gasteiger partial charge in [0.25, 0.3) is 0 Å². The predicted molar refractivity (Wildman–Crippen MR) is 67.9 cm³/mol. The summed E-state index contributed by atoms with van der Waals surface area (Å²) >= 11 is 1.70. The fraction of sp³-hybridized carbons (Fsp3) is 0.500. The molecular formula is C12H17N3OS. The van der Waals surface area contributed by atoms with Crippen LogP contribution in [0.1, 0.15) is 37.2 Å². The van der Waals surface area contributed by atoms with E-state index in [9.17, 15) is 0 Å². The van der Waals surface area contributed by atoms with Gasteiger partial charge in [-0.15, -0.1) is 11.3 Å². The maximum Gasteiger partial charge on any atom is 0.124 e. The third kappa shape index (κ3) is 3.38. The van der Waals surface area contributed by atoms with Crippen LogP contribution in [0, 0.1) is 0 Å². The second-order valence-electron chi connectivity index (χ2n) is 4.97. The van der Waals surface area contributed by atoms with Crippen molar-refractivity contribution in [3.8, 4) is 0 Å². The average molecular weight is 251 g/mol. The van der Waals surface area contributed by atoms with Crippen LogP contribution in [0.5, 0.6) is 0 Å². The highest BCUT2D eigenvalue weighted by atomic mass is 32.1. The lowest BCUT2D eigenvalue weighted by Gasteiger charge is -2.14.